The molecule has 3 nitrogen and oxygen atoms in total. The molecule has 0 radical (unpaired) electrons. The highest BCUT2D eigenvalue weighted by atomic mass is 79.9. The lowest BCUT2D eigenvalue weighted by Crippen LogP contribution is -1.81. The number of hydrogen-bond donors (Lipinski definition) is 2. The Morgan fingerprint density at radius 2 is 2.23 bits per heavy atom. The van der Waals surface area contributed by atoms with Gasteiger partial charge in [0.1, 0.15) is 5.75 Å². The van der Waals surface area contributed by atoms with E-state index >= 15 is 0 Å². The Morgan fingerprint density at radius 3 is 2.92 bits per heavy atom. The zero-order chi connectivity index (χ0) is 9.42. The van der Waals surface area contributed by atoms with Crippen LogP contribution in [0.25, 0.3) is 10.8 Å². The lowest BCUT2D eigenvalue weighted by molar-refractivity contribution is 0.415. The Balaban J connectivity index is 2.79. The van der Waals surface area contributed by atoms with Crippen LogP contribution < -0.4 is 4.74 Å². The van der Waals surface area contributed by atoms with Crippen molar-refractivity contribution >= 4 is 26.7 Å². The van der Waals surface area contributed by atoms with Gasteiger partial charge in [-0.05, 0) is 28.1 Å². The van der Waals surface area contributed by atoms with Crippen molar-refractivity contribution in [1.82, 2.24) is 4.98 Å². The van der Waals surface area contributed by atoms with Crippen LogP contribution in [0.4, 0.5) is 0 Å². The molecule has 2 aromatic rings. The van der Waals surface area contributed by atoms with E-state index in [0.717, 1.165) is 21.0 Å². The van der Waals surface area contributed by atoms with E-state index in [2.05, 4.69) is 20.9 Å². The van der Waals surface area contributed by atoms with Crippen LogP contribution >= 0.6 is 15.9 Å². The Morgan fingerprint density at radius 1 is 1.46 bits per heavy atom. The Bertz CT molecular complexity index is 450. The minimum absolute atomic E-state index is 0.171. The molecule has 2 N–H and O–H groups in total. The van der Waals surface area contributed by atoms with Gasteiger partial charge in [0.05, 0.1) is 12.5 Å². The first-order valence-corrected chi connectivity index (χ1v) is 4.55. The van der Waals surface area contributed by atoms with Crippen LogP contribution in [0.15, 0.2) is 22.8 Å². The van der Waals surface area contributed by atoms with Crippen molar-refractivity contribution in [1.29, 1.82) is 0 Å². The summed E-state index contributed by atoms with van der Waals surface area (Å²) in [5.74, 6) is 0.933. The van der Waals surface area contributed by atoms with Crippen LogP contribution in [0.3, 0.4) is 0 Å². The summed E-state index contributed by atoms with van der Waals surface area (Å²) in [5, 5.41) is 11.1. The molecule has 68 valence electrons. The largest absolute Gasteiger partial charge is 0.497 e. The van der Waals surface area contributed by atoms with Gasteiger partial charge in [-0.1, -0.05) is 0 Å². The van der Waals surface area contributed by atoms with E-state index in [1.54, 1.807) is 13.3 Å². The molecule has 0 aliphatic carbocycles. The maximum atomic E-state index is 9.43. The average molecular weight is 242 g/mol. The molecule has 0 atom stereocenters. The second kappa shape index (κ2) is 2.96. The zero-order valence-electron chi connectivity index (χ0n) is 6.97. The number of methoxy groups -OCH3 is 1. The second-order valence-electron chi connectivity index (χ2n) is 2.71. The monoisotopic (exact) mass is 241 g/mol. The van der Waals surface area contributed by atoms with Gasteiger partial charge in [-0.15, -0.1) is 0 Å². The van der Waals surface area contributed by atoms with Gasteiger partial charge in [0.15, 0.2) is 5.88 Å². The highest BCUT2D eigenvalue weighted by Gasteiger charge is 2.07. The van der Waals surface area contributed by atoms with Gasteiger partial charge >= 0.3 is 0 Å². The molecule has 0 saturated heterocycles. The molecule has 4 heteroatoms. The smallest absolute Gasteiger partial charge is 0.197 e. The summed E-state index contributed by atoms with van der Waals surface area (Å²) in [5.41, 5.74) is 0. The molecule has 0 amide bonds. The molecular weight excluding hydrogens is 234 g/mol. The number of hydrogen-bond acceptors (Lipinski definition) is 2. The topological polar surface area (TPSA) is 45.2 Å². The number of aromatic nitrogens is 1. The quantitative estimate of drug-likeness (QED) is 0.807. The minimum atomic E-state index is 0.171. The van der Waals surface area contributed by atoms with E-state index in [1.165, 1.54) is 0 Å². The van der Waals surface area contributed by atoms with Gasteiger partial charge in [0.2, 0.25) is 0 Å². The van der Waals surface area contributed by atoms with Crippen molar-refractivity contribution in [2.45, 2.75) is 0 Å². The standard InChI is InChI=1S/C9H8BrNO2/c1-13-6-2-5-4-11-9(12)8(5)7(10)3-6/h2-4,11-12H,1H3. The summed E-state index contributed by atoms with van der Waals surface area (Å²) >= 11 is 3.36. The van der Waals surface area contributed by atoms with E-state index in [9.17, 15) is 5.11 Å². The van der Waals surface area contributed by atoms with Crippen LogP contribution in [-0.2, 0) is 0 Å². The van der Waals surface area contributed by atoms with Gasteiger partial charge in [0, 0.05) is 16.1 Å². The van der Waals surface area contributed by atoms with Crippen molar-refractivity contribution in [2.75, 3.05) is 7.11 Å². The second-order valence-corrected chi connectivity index (χ2v) is 3.57. The number of nitrogens with one attached hydrogen (secondary N) is 1. The fraction of sp³-hybridized carbons (Fsp3) is 0.111. The number of aromatic amines is 1. The van der Waals surface area contributed by atoms with Crippen molar-refractivity contribution < 1.29 is 9.84 Å². The van der Waals surface area contributed by atoms with Gasteiger partial charge in [0.25, 0.3) is 0 Å². The fourth-order valence-corrected chi connectivity index (χ4v) is 1.94. The number of rotatable bonds is 1. The van der Waals surface area contributed by atoms with E-state index in [-0.39, 0.29) is 5.88 Å². The molecule has 0 unspecified atom stereocenters. The third kappa shape index (κ3) is 1.27. The summed E-state index contributed by atoms with van der Waals surface area (Å²) in [4.78, 5) is 2.74. The number of fused-ring (bicyclic) bond motifs is 1. The van der Waals surface area contributed by atoms with Gasteiger partial charge < -0.3 is 14.8 Å². The third-order valence-electron chi connectivity index (χ3n) is 1.93. The summed E-state index contributed by atoms with van der Waals surface area (Å²) in [6.45, 7) is 0. The summed E-state index contributed by atoms with van der Waals surface area (Å²) < 4.78 is 5.91. The lowest BCUT2D eigenvalue weighted by Gasteiger charge is -2.01. The molecule has 0 bridgehead atoms. The zero-order valence-corrected chi connectivity index (χ0v) is 8.55. The van der Waals surface area contributed by atoms with E-state index in [4.69, 9.17) is 4.74 Å². The molecule has 1 aromatic carbocycles. The van der Waals surface area contributed by atoms with Crippen molar-refractivity contribution in [2.24, 2.45) is 0 Å². The van der Waals surface area contributed by atoms with E-state index in [1.807, 2.05) is 12.1 Å². The molecule has 0 fully saturated rings. The van der Waals surface area contributed by atoms with Crippen LogP contribution in [0.1, 0.15) is 0 Å². The van der Waals surface area contributed by atoms with Gasteiger partial charge in [-0.2, -0.15) is 0 Å². The summed E-state index contributed by atoms with van der Waals surface area (Å²) in [7, 11) is 1.61. The Kier molecular flexibility index (Phi) is 1.92. The van der Waals surface area contributed by atoms with Gasteiger partial charge in [-0.25, -0.2) is 0 Å². The summed E-state index contributed by atoms with van der Waals surface area (Å²) in [6.07, 6.45) is 1.73. The van der Waals surface area contributed by atoms with E-state index < -0.39 is 0 Å². The predicted octanol–water partition coefficient (Wildman–Crippen LogP) is 2.64. The SMILES string of the molecule is COc1cc(Br)c2c(O)[nH]cc2c1. The molecule has 1 heterocycles. The number of aromatic hydroxyl groups is 1. The highest BCUT2D eigenvalue weighted by molar-refractivity contribution is 9.10. The first-order chi connectivity index (χ1) is 6.22. The molecular formula is C9H8BrNO2. The molecule has 0 aliphatic heterocycles. The van der Waals surface area contributed by atoms with Crippen LogP contribution in [0.5, 0.6) is 11.6 Å². The number of ether oxygens (including phenoxy) is 1. The predicted molar refractivity (Wildman–Crippen MR) is 54.2 cm³/mol. The third-order valence-corrected chi connectivity index (χ3v) is 2.56. The molecule has 0 spiro atoms. The van der Waals surface area contributed by atoms with Crippen LogP contribution in [-0.4, -0.2) is 17.2 Å². The maximum absolute atomic E-state index is 9.43. The fourth-order valence-electron chi connectivity index (χ4n) is 1.30. The average Bonchev–Trinajstić information content (AvgIpc) is 2.48. The number of halogens is 1. The highest BCUT2D eigenvalue weighted by Crippen LogP contribution is 2.34. The Hall–Kier alpha value is -1.16. The van der Waals surface area contributed by atoms with Crippen LogP contribution in [0, 0.1) is 0 Å². The molecule has 1 aromatic heterocycles. The van der Waals surface area contributed by atoms with Crippen molar-refractivity contribution in [3.05, 3.63) is 22.8 Å². The summed E-state index contributed by atoms with van der Waals surface area (Å²) in [6, 6.07) is 3.67. The molecule has 0 saturated carbocycles. The first kappa shape index (κ1) is 8.44. The van der Waals surface area contributed by atoms with Crippen molar-refractivity contribution in [3.63, 3.8) is 0 Å². The number of H-pyrrole nitrogens is 1. The van der Waals surface area contributed by atoms with Gasteiger partial charge in [-0.3, -0.25) is 0 Å². The van der Waals surface area contributed by atoms with Crippen molar-refractivity contribution in [3.8, 4) is 11.6 Å². The molecule has 13 heavy (non-hydrogen) atoms. The Labute approximate surface area is 83.5 Å². The molecule has 2 rings (SSSR count). The normalized spacial score (nSPS) is 10.6. The lowest BCUT2D eigenvalue weighted by atomic mass is 10.2. The number of benzene rings is 1. The molecule has 0 aliphatic rings. The first-order valence-electron chi connectivity index (χ1n) is 3.76. The minimum Gasteiger partial charge on any atom is -0.497 e. The van der Waals surface area contributed by atoms with E-state index in [0.29, 0.717) is 0 Å². The van der Waals surface area contributed by atoms with Crippen LogP contribution in [0.2, 0.25) is 0 Å². The maximum Gasteiger partial charge on any atom is 0.197 e.